The lowest BCUT2D eigenvalue weighted by Gasteiger charge is -2.26. The second-order valence-electron chi connectivity index (χ2n) is 5.18. The molecule has 0 fully saturated rings. The maximum absolute atomic E-state index is 6.38. The van der Waals surface area contributed by atoms with E-state index in [1.807, 2.05) is 18.2 Å². The van der Waals surface area contributed by atoms with Gasteiger partial charge in [0, 0.05) is 17.5 Å². The van der Waals surface area contributed by atoms with Crippen LogP contribution in [0, 0.1) is 0 Å². The molecule has 4 heteroatoms. The van der Waals surface area contributed by atoms with Crippen molar-refractivity contribution in [2.24, 2.45) is 0 Å². The topological polar surface area (TPSA) is 35.1 Å². The van der Waals surface area contributed by atoms with Crippen LogP contribution in [0.1, 0.15) is 22.7 Å². The van der Waals surface area contributed by atoms with E-state index in [1.54, 1.807) is 14.2 Å². The molecular formula is C17H19ClNO2+. The summed E-state index contributed by atoms with van der Waals surface area (Å²) < 4.78 is 10.9. The van der Waals surface area contributed by atoms with E-state index in [9.17, 15) is 0 Å². The van der Waals surface area contributed by atoms with Crippen molar-refractivity contribution < 1.29 is 14.8 Å². The molecule has 0 radical (unpaired) electrons. The van der Waals surface area contributed by atoms with Gasteiger partial charge in [-0.25, -0.2) is 0 Å². The summed E-state index contributed by atoms with van der Waals surface area (Å²) >= 11 is 6.38. The Labute approximate surface area is 129 Å². The van der Waals surface area contributed by atoms with Crippen LogP contribution >= 0.6 is 11.6 Å². The SMILES string of the molecule is COc1cc2c(cc1OC)[C@@H](c1ccccc1Cl)[NH2+]CC2. The molecule has 21 heavy (non-hydrogen) atoms. The van der Waals surface area contributed by atoms with Gasteiger partial charge in [-0.1, -0.05) is 29.8 Å². The zero-order valence-corrected chi connectivity index (χ0v) is 13.0. The van der Waals surface area contributed by atoms with E-state index >= 15 is 0 Å². The molecular weight excluding hydrogens is 286 g/mol. The number of halogens is 1. The van der Waals surface area contributed by atoms with Crippen LogP contribution in [0.4, 0.5) is 0 Å². The van der Waals surface area contributed by atoms with Crippen molar-refractivity contribution in [1.82, 2.24) is 0 Å². The van der Waals surface area contributed by atoms with Gasteiger partial charge in [0.1, 0.15) is 6.04 Å². The van der Waals surface area contributed by atoms with Crippen LogP contribution in [0.15, 0.2) is 36.4 Å². The third-order valence-corrected chi connectivity index (χ3v) is 4.38. The molecule has 0 aliphatic carbocycles. The van der Waals surface area contributed by atoms with Gasteiger partial charge >= 0.3 is 0 Å². The van der Waals surface area contributed by atoms with E-state index in [2.05, 4.69) is 23.5 Å². The summed E-state index contributed by atoms with van der Waals surface area (Å²) in [7, 11) is 3.34. The molecule has 1 aliphatic rings. The highest BCUT2D eigenvalue weighted by Crippen LogP contribution is 2.36. The molecule has 1 heterocycles. The number of nitrogens with two attached hydrogens (primary N) is 1. The monoisotopic (exact) mass is 304 g/mol. The summed E-state index contributed by atoms with van der Waals surface area (Å²) in [5, 5.41) is 3.14. The maximum Gasteiger partial charge on any atom is 0.161 e. The molecule has 2 aromatic carbocycles. The number of ether oxygens (including phenoxy) is 2. The first-order chi connectivity index (χ1) is 10.2. The first kappa shape index (κ1) is 14.2. The highest BCUT2D eigenvalue weighted by atomic mass is 35.5. The van der Waals surface area contributed by atoms with Gasteiger partial charge in [-0.05, 0) is 23.8 Å². The highest BCUT2D eigenvalue weighted by molar-refractivity contribution is 6.31. The number of quaternary nitrogens is 1. The molecule has 0 saturated heterocycles. The minimum absolute atomic E-state index is 0.210. The largest absolute Gasteiger partial charge is 0.493 e. The Balaban J connectivity index is 2.11. The summed E-state index contributed by atoms with van der Waals surface area (Å²) in [6.07, 6.45) is 1.02. The predicted molar refractivity (Wildman–Crippen MR) is 83.3 cm³/mol. The average molecular weight is 305 g/mol. The lowest BCUT2D eigenvalue weighted by molar-refractivity contribution is -0.690. The minimum atomic E-state index is 0.210. The van der Waals surface area contributed by atoms with E-state index in [-0.39, 0.29) is 6.04 Å². The Morgan fingerprint density at radius 3 is 2.48 bits per heavy atom. The van der Waals surface area contributed by atoms with Crippen LogP contribution in [0.25, 0.3) is 0 Å². The lowest BCUT2D eigenvalue weighted by Crippen LogP contribution is -2.87. The smallest absolute Gasteiger partial charge is 0.161 e. The molecule has 0 spiro atoms. The minimum Gasteiger partial charge on any atom is -0.493 e. The van der Waals surface area contributed by atoms with E-state index < -0.39 is 0 Å². The molecule has 3 nitrogen and oxygen atoms in total. The molecule has 110 valence electrons. The van der Waals surface area contributed by atoms with Gasteiger partial charge in [-0.15, -0.1) is 0 Å². The van der Waals surface area contributed by atoms with Gasteiger partial charge in [-0.3, -0.25) is 0 Å². The molecule has 3 rings (SSSR count). The number of benzene rings is 2. The number of fused-ring (bicyclic) bond motifs is 1. The number of hydrogen-bond donors (Lipinski definition) is 1. The van der Waals surface area contributed by atoms with Gasteiger partial charge in [0.25, 0.3) is 0 Å². The molecule has 1 aliphatic heterocycles. The molecule has 1 atom stereocenters. The number of methoxy groups -OCH3 is 2. The van der Waals surface area contributed by atoms with Gasteiger partial charge in [0.15, 0.2) is 11.5 Å². The third-order valence-electron chi connectivity index (χ3n) is 4.04. The van der Waals surface area contributed by atoms with Crippen molar-refractivity contribution in [1.29, 1.82) is 0 Å². The zero-order valence-electron chi connectivity index (χ0n) is 12.2. The summed E-state index contributed by atoms with van der Waals surface area (Å²) in [5.74, 6) is 1.56. The molecule has 2 N–H and O–H groups in total. The summed E-state index contributed by atoms with van der Waals surface area (Å²) in [6.45, 7) is 1.04. The fourth-order valence-electron chi connectivity index (χ4n) is 3.00. The van der Waals surface area contributed by atoms with Gasteiger partial charge in [0.2, 0.25) is 0 Å². The lowest BCUT2D eigenvalue weighted by atomic mass is 9.89. The van der Waals surface area contributed by atoms with Crippen molar-refractivity contribution in [2.45, 2.75) is 12.5 Å². The summed E-state index contributed by atoms with van der Waals surface area (Å²) in [6, 6.07) is 12.4. The number of hydrogen-bond acceptors (Lipinski definition) is 2. The van der Waals surface area contributed by atoms with Crippen LogP contribution in [0.2, 0.25) is 5.02 Å². The summed E-state index contributed by atoms with van der Waals surface area (Å²) in [5.41, 5.74) is 3.71. The van der Waals surface area contributed by atoms with Gasteiger partial charge < -0.3 is 14.8 Å². The van der Waals surface area contributed by atoms with Crippen molar-refractivity contribution in [3.8, 4) is 11.5 Å². The number of rotatable bonds is 3. The molecule has 0 amide bonds. The molecule has 2 aromatic rings. The van der Waals surface area contributed by atoms with Crippen LogP contribution in [-0.2, 0) is 6.42 Å². The Kier molecular flexibility index (Phi) is 4.04. The Morgan fingerprint density at radius 1 is 1.05 bits per heavy atom. The average Bonchev–Trinajstić information content (AvgIpc) is 2.53. The van der Waals surface area contributed by atoms with Gasteiger partial charge in [0.05, 0.1) is 25.8 Å². The first-order valence-electron chi connectivity index (χ1n) is 7.07. The standard InChI is InChI=1S/C17H18ClNO2/c1-20-15-9-11-7-8-19-17(13(11)10-16(15)21-2)12-5-3-4-6-14(12)18/h3-6,9-10,17,19H,7-8H2,1-2H3/p+1/t17-/m1/s1. The second kappa shape index (κ2) is 5.96. The van der Waals surface area contributed by atoms with Crippen molar-refractivity contribution >= 4 is 11.6 Å². The third kappa shape index (κ3) is 2.59. The summed E-state index contributed by atoms with van der Waals surface area (Å²) in [4.78, 5) is 0. The van der Waals surface area contributed by atoms with Gasteiger partial charge in [-0.2, -0.15) is 0 Å². The molecule has 0 aromatic heterocycles. The highest BCUT2D eigenvalue weighted by Gasteiger charge is 2.28. The maximum atomic E-state index is 6.38. The molecule has 0 unspecified atom stereocenters. The van der Waals surface area contributed by atoms with E-state index in [0.29, 0.717) is 0 Å². The Bertz CT molecular complexity index is 657. The molecule has 0 saturated carbocycles. The quantitative estimate of drug-likeness (QED) is 0.946. The Hall–Kier alpha value is -1.71. The fourth-order valence-corrected chi connectivity index (χ4v) is 3.25. The van der Waals surface area contributed by atoms with Crippen LogP contribution in [-0.4, -0.2) is 20.8 Å². The van der Waals surface area contributed by atoms with Crippen molar-refractivity contribution in [3.63, 3.8) is 0 Å². The zero-order chi connectivity index (χ0) is 14.8. The molecule has 0 bridgehead atoms. The van der Waals surface area contributed by atoms with E-state index in [0.717, 1.165) is 35.1 Å². The van der Waals surface area contributed by atoms with Crippen LogP contribution in [0.3, 0.4) is 0 Å². The normalized spacial score (nSPS) is 17.2. The second-order valence-corrected chi connectivity index (χ2v) is 5.59. The van der Waals surface area contributed by atoms with Crippen molar-refractivity contribution in [2.75, 3.05) is 20.8 Å². The van der Waals surface area contributed by atoms with E-state index in [1.165, 1.54) is 11.1 Å². The first-order valence-corrected chi connectivity index (χ1v) is 7.45. The Morgan fingerprint density at radius 2 is 1.76 bits per heavy atom. The predicted octanol–water partition coefficient (Wildman–Crippen LogP) is 2.57. The fraction of sp³-hybridized carbons (Fsp3) is 0.294. The van der Waals surface area contributed by atoms with E-state index in [4.69, 9.17) is 21.1 Å². The van der Waals surface area contributed by atoms with Crippen LogP contribution < -0.4 is 14.8 Å². The van der Waals surface area contributed by atoms with Crippen molar-refractivity contribution in [3.05, 3.63) is 58.1 Å². The van der Waals surface area contributed by atoms with Crippen LogP contribution in [0.5, 0.6) is 11.5 Å².